The average molecular weight is 286 g/mol. The monoisotopic (exact) mass is 286 g/mol. The first-order valence-corrected chi connectivity index (χ1v) is 7.02. The fourth-order valence-electron chi connectivity index (χ4n) is 2.34. The highest BCUT2D eigenvalue weighted by molar-refractivity contribution is 5.64. The predicted octanol–water partition coefficient (Wildman–Crippen LogP) is 4.10. The van der Waals surface area contributed by atoms with Crippen LogP contribution in [0.15, 0.2) is 12.8 Å². The molecule has 0 aliphatic heterocycles. The zero-order valence-corrected chi connectivity index (χ0v) is 11.8. The summed E-state index contributed by atoms with van der Waals surface area (Å²) in [6.07, 6.45) is 5.95. The molecule has 0 amide bonds. The van der Waals surface area contributed by atoms with Crippen molar-refractivity contribution in [3.8, 4) is 0 Å². The van der Waals surface area contributed by atoms with Crippen LogP contribution < -0.4 is 0 Å². The molecule has 1 aliphatic rings. The molecule has 0 heterocycles. The van der Waals surface area contributed by atoms with E-state index in [2.05, 4.69) is 28.0 Å². The Kier molecular flexibility index (Phi) is 7.54. The topological polar surface area (TPSA) is 71.1 Å². The molecule has 1 aliphatic carbocycles. The zero-order chi connectivity index (χ0) is 14.8. The summed E-state index contributed by atoms with van der Waals surface area (Å²) in [5, 5.41) is 0. The van der Waals surface area contributed by atoms with Gasteiger partial charge in [-0.15, -0.1) is 0 Å². The van der Waals surface area contributed by atoms with E-state index in [4.69, 9.17) is 4.74 Å². The third kappa shape index (κ3) is 6.45. The molecule has 6 nitrogen and oxygen atoms in total. The van der Waals surface area contributed by atoms with Gasteiger partial charge in [0.05, 0.1) is 6.26 Å². The second kappa shape index (κ2) is 9.23. The predicted molar refractivity (Wildman–Crippen MR) is 70.6 cm³/mol. The Morgan fingerprint density at radius 1 is 1.15 bits per heavy atom. The highest BCUT2D eigenvalue weighted by Gasteiger charge is 2.25. The van der Waals surface area contributed by atoms with Gasteiger partial charge >= 0.3 is 12.3 Å². The van der Waals surface area contributed by atoms with Gasteiger partial charge in [0.25, 0.3) is 0 Å². The van der Waals surface area contributed by atoms with Gasteiger partial charge in [-0.1, -0.05) is 32.8 Å². The zero-order valence-electron chi connectivity index (χ0n) is 11.8. The van der Waals surface area contributed by atoms with Crippen molar-refractivity contribution < 1.29 is 28.8 Å². The lowest BCUT2D eigenvalue weighted by molar-refractivity contribution is -0.218. The summed E-state index contributed by atoms with van der Waals surface area (Å²) < 4.78 is 9.26. The van der Waals surface area contributed by atoms with Gasteiger partial charge in [0.2, 0.25) is 0 Å². The average Bonchev–Trinajstić information content (AvgIpc) is 2.45. The number of ether oxygens (including phenoxy) is 2. The first-order valence-electron chi connectivity index (χ1n) is 7.02. The van der Waals surface area contributed by atoms with Crippen LogP contribution in [0.1, 0.15) is 51.9 Å². The van der Waals surface area contributed by atoms with Gasteiger partial charge in [-0.2, -0.15) is 19.4 Å². The molecule has 0 bridgehead atoms. The minimum atomic E-state index is -1.17. The molecule has 0 N–H and O–H groups in total. The second-order valence-electron chi connectivity index (χ2n) is 4.85. The van der Waals surface area contributed by atoms with Gasteiger partial charge in [-0.05, 0) is 31.6 Å². The molecule has 0 aromatic heterocycles. The SMILES string of the molecule is C=COC(=O)OOC(=O)OC1CCC(CCCC)CC1. The minimum Gasteiger partial charge on any atom is -0.428 e. The molecule has 20 heavy (non-hydrogen) atoms. The summed E-state index contributed by atoms with van der Waals surface area (Å²) in [7, 11) is 0. The van der Waals surface area contributed by atoms with Gasteiger partial charge in [-0.25, -0.2) is 0 Å². The lowest BCUT2D eigenvalue weighted by atomic mass is 9.84. The van der Waals surface area contributed by atoms with Crippen molar-refractivity contribution in [3.63, 3.8) is 0 Å². The quantitative estimate of drug-likeness (QED) is 0.328. The van der Waals surface area contributed by atoms with Crippen LogP contribution in [0.25, 0.3) is 0 Å². The van der Waals surface area contributed by atoms with Crippen LogP contribution in [0.5, 0.6) is 0 Å². The first-order chi connectivity index (χ1) is 9.65. The smallest absolute Gasteiger partial charge is 0.428 e. The van der Waals surface area contributed by atoms with Gasteiger partial charge < -0.3 is 9.47 Å². The standard InChI is InChI=1S/C14H22O6/c1-3-5-6-11-7-9-12(10-8-11)18-14(16)20-19-13(15)17-4-2/h4,11-12H,2-3,5-10H2,1H3. The van der Waals surface area contributed by atoms with Crippen LogP contribution in [0.3, 0.4) is 0 Å². The molecular formula is C14H22O6. The van der Waals surface area contributed by atoms with Crippen molar-refractivity contribution >= 4 is 12.3 Å². The van der Waals surface area contributed by atoms with E-state index in [9.17, 15) is 9.59 Å². The Balaban J connectivity index is 2.14. The summed E-state index contributed by atoms with van der Waals surface area (Å²) in [5.74, 6) is 0.727. The summed E-state index contributed by atoms with van der Waals surface area (Å²) in [5.41, 5.74) is 0. The normalized spacial score (nSPS) is 21.6. The molecule has 6 heteroatoms. The van der Waals surface area contributed by atoms with Crippen LogP contribution in [0.4, 0.5) is 9.59 Å². The van der Waals surface area contributed by atoms with E-state index >= 15 is 0 Å². The van der Waals surface area contributed by atoms with Gasteiger partial charge in [0, 0.05) is 0 Å². The van der Waals surface area contributed by atoms with Crippen LogP contribution in [-0.4, -0.2) is 18.4 Å². The van der Waals surface area contributed by atoms with Gasteiger partial charge in [-0.3, -0.25) is 0 Å². The van der Waals surface area contributed by atoms with E-state index in [0.29, 0.717) is 0 Å². The molecule has 0 saturated heterocycles. The number of rotatable bonds is 5. The number of hydrogen-bond donors (Lipinski definition) is 0. The molecule has 0 atom stereocenters. The van der Waals surface area contributed by atoms with E-state index < -0.39 is 12.3 Å². The molecule has 0 radical (unpaired) electrons. The van der Waals surface area contributed by atoms with E-state index in [-0.39, 0.29) is 6.10 Å². The van der Waals surface area contributed by atoms with Crippen LogP contribution in [-0.2, 0) is 19.2 Å². The lowest BCUT2D eigenvalue weighted by Gasteiger charge is -2.27. The fourth-order valence-corrected chi connectivity index (χ4v) is 2.34. The number of unbranched alkanes of at least 4 members (excludes halogenated alkanes) is 1. The summed E-state index contributed by atoms with van der Waals surface area (Å²) >= 11 is 0. The van der Waals surface area contributed by atoms with Crippen molar-refractivity contribution in [1.82, 2.24) is 0 Å². The molecule has 0 spiro atoms. The third-order valence-corrected chi connectivity index (χ3v) is 3.38. The maximum Gasteiger partial charge on any atom is 0.555 e. The largest absolute Gasteiger partial charge is 0.555 e. The highest BCUT2D eigenvalue weighted by Crippen LogP contribution is 2.29. The maximum absolute atomic E-state index is 11.3. The molecule has 0 aromatic carbocycles. The molecule has 1 fully saturated rings. The van der Waals surface area contributed by atoms with Crippen LogP contribution in [0, 0.1) is 5.92 Å². The minimum absolute atomic E-state index is 0.167. The molecule has 1 saturated carbocycles. The van der Waals surface area contributed by atoms with Gasteiger partial charge in [0.1, 0.15) is 6.10 Å². The molecular weight excluding hydrogens is 264 g/mol. The highest BCUT2D eigenvalue weighted by atomic mass is 17.3. The van der Waals surface area contributed by atoms with E-state index in [0.717, 1.165) is 37.9 Å². The van der Waals surface area contributed by atoms with E-state index in [1.807, 2.05) is 0 Å². The maximum atomic E-state index is 11.3. The number of carbonyl (C=O) groups excluding carboxylic acids is 2. The Hall–Kier alpha value is -1.72. The number of hydrogen-bond acceptors (Lipinski definition) is 6. The molecule has 0 aromatic rings. The van der Waals surface area contributed by atoms with Crippen molar-refractivity contribution in [2.75, 3.05) is 0 Å². The summed E-state index contributed by atoms with van der Waals surface area (Å²) in [6.45, 7) is 5.34. The van der Waals surface area contributed by atoms with Crippen molar-refractivity contribution in [2.24, 2.45) is 5.92 Å². The van der Waals surface area contributed by atoms with Crippen LogP contribution in [0.2, 0.25) is 0 Å². The molecule has 1 rings (SSSR count). The Morgan fingerprint density at radius 3 is 2.40 bits per heavy atom. The molecule has 0 unspecified atom stereocenters. The van der Waals surface area contributed by atoms with Crippen molar-refractivity contribution in [1.29, 1.82) is 0 Å². The lowest BCUT2D eigenvalue weighted by Crippen LogP contribution is -2.25. The van der Waals surface area contributed by atoms with E-state index in [1.165, 1.54) is 19.3 Å². The Labute approximate surface area is 118 Å². The van der Waals surface area contributed by atoms with Crippen LogP contribution >= 0.6 is 0 Å². The Morgan fingerprint density at radius 2 is 1.80 bits per heavy atom. The molecule has 114 valence electrons. The first kappa shape index (κ1) is 16.3. The van der Waals surface area contributed by atoms with E-state index in [1.54, 1.807) is 0 Å². The number of carbonyl (C=O) groups is 2. The summed E-state index contributed by atoms with van der Waals surface area (Å²) in [6, 6.07) is 0. The summed E-state index contributed by atoms with van der Waals surface area (Å²) in [4.78, 5) is 30.2. The van der Waals surface area contributed by atoms with Crippen molar-refractivity contribution in [2.45, 2.75) is 58.0 Å². The Bertz CT molecular complexity index is 320. The van der Waals surface area contributed by atoms with Crippen molar-refractivity contribution in [3.05, 3.63) is 12.8 Å². The fraction of sp³-hybridized carbons (Fsp3) is 0.714. The third-order valence-electron chi connectivity index (χ3n) is 3.38. The second-order valence-corrected chi connectivity index (χ2v) is 4.85. The van der Waals surface area contributed by atoms with Gasteiger partial charge in [0.15, 0.2) is 0 Å².